The topological polar surface area (TPSA) is 16.1 Å². The predicted octanol–water partition coefficient (Wildman–Crippen LogP) is 4.28. The zero-order chi connectivity index (χ0) is 13.9. The van der Waals surface area contributed by atoms with Crippen molar-refractivity contribution in [3.05, 3.63) is 36.0 Å². The van der Waals surface area contributed by atoms with Gasteiger partial charge in [0.1, 0.15) is 17.2 Å². The van der Waals surface area contributed by atoms with Gasteiger partial charge in [0.05, 0.1) is 11.1 Å². The van der Waals surface area contributed by atoms with Crippen molar-refractivity contribution in [3.63, 3.8) is 0 Å². The average molecular weight is 276 g/mol. The molecular formula is C16H18F2N2. The highest BCUT2D eigenvalue weighted by Gasteiger charge is 2.16. The molecule has 0 amide bonds. The lowest BCUT2D eigenvalue weighted by atomic mass is 10.1. The first kappa shape index (κ1) is 13.3. The van der Waals surface area contributed by atoms with E-state index >= 15 is 0 Å². The van der Waals surface area contributed by atoms with E-state index in [1.807, 2.05) is 0 Å². The molecule has 2 heterocycles. The summed E-state index contributed by atoms with van der Waals surface area (Å²) in [7, 11) is 0. The Morgan fingerprint density at radius 2 is 1.50 bits per heavy atom. The second kappa shape index (κ2) is 5.73. The van der Waals surface area contributed by atoms with E-state index in [1.54, 1.807) is 12.3 Å². The number of fused-ring (bicyclic) bond motifs is 1. The third-order valence-electron chi connectivity index (χ3n) is 3.97. The first-order chi connectivity index (χ1) is 9.77. The summed E-state index contributed by atoms with van der Waals surface area (Å²) in [5.74, 6) is -0.859. The van der Waals surface area contributed by atoms with Crippen LogP contribution in [-0.4, -0.2) is 18.1 Å². The molecule has 1 aliphatic rings. The molecular weight excluding hydrogens is 258 g/mol. The van der Waals surface area contributed by atoms with Gasteiger partial charge in [-0.25, -0.2) is 8.78 Å². The van der Waals surface area contributed by atoms with Gasteiger partial charge in [0.2, 0.25) is 0 Å². The van der Waals surface area contributed by atoms with Gasteiger partial charge < -0.3 is 4.90 Å². The molecule has 0 atom stereocenters. The summed E-state index contributed by atoms with van der Waals surface area (Å²) in [6, 6.07) is 4.13. The van der Waals surface area contributed by atoms with E-state index in [2.05, 4.69) is 9.88 Å². The summed E-state index contributed by atoms with van der Waals surface area (Å²) in [4.78, 5) is 6.17. The summed E-state index contributed by atoms with van der Waals surface area (Å²) in [5, 5.41) is 0.313. The summed E-state index contributed by atoms with van der Waals surface area (Å²) in [5.41, 5.74) is 0.901. The normalized spacial score (nSPS) is 17.0. The van der Waals surface area contributed by atoms with Gasteiger partial charge in [-0.2, -0.15) is 0 Å². The van der Waals surface area contributed by atoms with Crippen molar-refractivity contribution in [3.8, 4) is 0 Å². The number of pyridine rings is 1. The molecule has 0 N–H and O–H groups in total. The van der Waals surface area contributed by atoms with Crippen LogP contribution in [0.25, 0.3) is 10.9 Å². The van der Waals surface area contributed by atoms with Gasteiger partial charge >= 0.3 is 0 Å². The van der Waals surface area contributed by atoms with Gasteiger partial charge in [-0.3, -0.25) is 4.98 Å². The molecule has 0 saturated carbocycles. The largest absolute Gasteiger partial charge is 0.371 e. The quantitative estimate of drug-likeness (QED) is 0.772. The molecule has 1 aliphatic heterocycles. The van der Waals surface area contributed by atoms with Gasteiger partial charge in [-0.1, -0.05) is 19.3 Å². The maximum atomic E-state index is 14.1. The number of hydrogen-bond donors (Lipinski definition) is 0. The lowest BCUT2D eigenvalue weighted by Crippen LogP contribution is -2.27. The number of anilines is 1. The van der Waals surface area contributed by atoms with Crippen molar-refractivity contribution in [1.82, 2.24) is 4.98 Å². The van der Waals surface area contributed by atoms with Crippen LogP contribution in [0.5, 0.6) is 0 Å². The third kappa shape index (κ3) is 2.47. The molecule has 1 aromatic carbocycles. The van der Waals surface area contributed by atoms with Crippen LogP contribution in [0.2, 0.25) is 0 Å². The highest BCUT2D eigenvalue weighted by atomic mass is 19.1. The van der Waals surface area contributed by atoms with E-state index in [0.29, 0.717) is 5.39 Å². The Morgan fingerprint density at radius 1 is 0.850 bits per heavy atom. The van der Waals surface area contributed by atoms with Crippen molar-refractivity contribution in [2.75, 3.05) is 18.0 Å². The number of benzene rings is 1. The molecule has 1 saturated heterocycles. The van der Waals surface area contributed by atoms with Crippen LogP contribution >= 0.6 is 0 Å². The van der Waals surface area contributed by atoms with E-state index < -0.39 is 11.6 Å². The monoisotopic (exact) mass is 276 g/mol. The number of nitrogens with zero attached hydrogens (tertiary/aromatic N) is 2. The molecule has 4 heteroatoms. The van der Waals surface area contributed by atoms with E-state index in [9.17, 15) is 8.78 Å². The first-order valence-corrected chi connectivity index (χ1v) is 7.25. The minimum atomic E-state index is -0.463. The van der Waals surface area contributed by atoms with Crippen LogP contribution in [0.4, 0.5) is 14.5 Å². The molecule has 3 rings (SSSR count). The molecule has 1 fully saturated rings. The summed E-state index contributed by atoms with van der Waals surface area (Å²) in [6.45, 7) is 1.80. The molecule has 2 nitrogen and oxygen atoms in total. The molecule has 0 spiro atoms. The van der Waals surface area contributed by atoms with Gasteiger partial charge in [-0.05, 0) is 31.0 Å². The molecule has 20 heavy (non-hydrogen) atoms. The second-order valence-electron chi connectivity index (χ2n) is 5.34. The number of hydrogen-bond acceptors (Lipinski definition) is 2. The van der Waals surface area contributed by atoms with E-state index in [1.165, 1.54) is 25.3 Å². The maximum Gasteiger partial charge on any atom is 0.149 e. The van der Waals surface area contributed by atoms with Gasteiger partial charge in [0.25, 0.3) is 0 Å². The summed E-state index contributed by atoms with van der Waals surface area (Å²) >= 11 is 0. The second-order valence-corrected chi connectivity index (χ2v) is 5.34. The predicted molar refractivity (Wildman–Crippen MR) is 77.0 cm³/mol. The summed E-state index contributed by atoms with van der Waals surface area (Å²) in [6.07, 6.45) is 7.45. The van der Waals surface area contributed by atoms with Crippen molar-refractivity contribution < 1.29 is 8.78 Å². The summed E-state index contributed by atoms with van der Waals surface area (Å²) < 4.78 is 27.9. The fourth-order valence-electron chi connectivity index (χ4n) is 2.93. The van der Waals surface area contributed by atoms with Crippen molar-refractivity contribution in [1.29, 1.82) is 0 Å². The lowest BCUT2D eigenvalue weighted by Gasteiger charge is -2.28. The van der Waals surface area contributed by atoms with Crippen LogP contribution in [-0.2, 0) is 0 Å². The molecule has 2 aromatic rings. The standard InChI is InChI=1S/C16H18F2N2/c17-12-6-7-13(18)16-15(12)14(8-9-19-16)20-10-4-2-1-3-5-11-20/h6-9H,1-5,10-11H2. The smallest absolute Gasteiger partial charge is 0.149 e. The van der Waals surface area contributed by atoms with Crippen LogP contribution in [0.15, 0.2) is 24.4 Å². The Hall–Kier alpha value is -1.71. The van der Waals surface area contributed by atoms with Gasteiger partial charge in [0.15, 0.2) is 0 Å². The fraction of sp³-hybridized carbons (Fsp3) is 0.438. The minimum Gasteiger partial charge on any atom is -0.371 e. The Morgan fingerprint density at radius 3 is 2.25 bits per heavy atom. The van der Waals surface area contributed by atoms with Crippen molar-refractivity contribution in [2.24, 2.45) is 0 Å². The molecule has 0 bridgehead atoms. The lowest BCUT2D eigenvalue weighted by molar-refractivity contribution is 0.556. The minimum absolute atomic E-state index is 0.129. The van der Waals surface area contributed by atoms with Gasteiger partial charge in [-0.15, -0.1) is 0 Å². The molecule has 0 aliphatic carbocycles. The van der Waals surface area contributed by atoms with Crippen LogP contribution in [0.3, 0.4) is 0 Å². The SMILES string of the molecule is Fc1ccc(F)c2c(N3CCCCCCC3)ccnc12. The fourth-order valence-corrected chi connectivity index (χ4v) is 2.93. The molecule has 106 valence electrons. The first-order valence-electron chi connectivity index (χ1n) is 7.25. The third-order valence-corrected chi connectivity index (χ3v) is 3.97. The van der Waals surface area contributed by atoms with E-state index in [-0.39, 0.29) is 5.52 Å². The maximum absolute atomic E-state index is 14.1. The molecule has 0 unspecified atom stereocenters. The molecule has 1 aromatic heterocycles. The Balaban J connectivity index is 2.08. The highest BCUT2D eigenvalue weighted by Crippen LogP contribution is 2.30. The zero-order valence-corrected chi connectivity index (χ0v) is 11.4. The van der Waals surface area contributed by atoms with Crippen LogP contribution in [0, 0.1) is 11.6 Å². The molecule has 0 radical (unpaired) electrons. The zero-order valence-electron chi connectivity index (χ0n) is 11.4. The Bertz CT molecular complexity index is 605. The highest BCUT2D eigenvalue weighted by molar-refractivity contribution is 5.92. The number of rotatable bonds is 1. The van der Waals surface area contributed by atoms with Crippen molar-refractivity contribution in [2.45, 2.75) is 32.1 Å². The van der Waals surface area contributed by atoms with Crippen LogP contribution in [0.1, 0.15) is 32.1 Å². The van der Waals surface area contributed by atoms with Gasteiger partial charge in [0, 0.05) is 19.3 Å². The Kier molecular flexibility index (Phi) is 3.81. The van der Waals surface area contributed by atoms with E-state index in [4.69, 9.17) is 0 Å². The number of aromatic nitrogens is 1. The van der Waals surface area contributed by atoms with Crippen LogP contribution < -0.4 is 4.90 Å². The van der Waals surface area contributed by atoms with Crippen molar-refractivity contribution >= 4 is 16.6 Å². The Labute approximate surface area is 117 Å². The number of halogens is 2. The average Bonchev–Trinajstić information content (AvgIpc) is 2.42. The van der Waals surface area contributed by atoms with E-state index in [0.717, 1.165) is 37.7 Å².